The number of carbonyl (C=O) groups is 2. The smallest absolute Gasteiger partial charge is 0.309 e. The molecule has 0 unspecified atom stereocenters. The quantitative estimate of drug-likeness (QED) is 0.767. The molecule has 1 aromatic rings. The van der Waals surface area contributed by atoms with E-state index in [1.54, 1.807) is 0 Å². The number of piperidine rings is 1. The summed E-state index contributed by atoms with van der Waals surface area (Å²) < 4.78 is 0. The van der Waals surface area contributed by atoms with Crippen molar-refractivity contribution in [2.75, 3.05) is 26.2 Å². The van der Waals surface area contributed by atoms with Crippen LogP contribution in [0.4, 0.5) is 0 Å². The zero-order valence-corrected chi connectivity index (χ0v) is 15.6. The fraction of sp³-hybridized carbons (Fsp3) is 0.619. The van der Waals surface area contributed by atoms with E-state index in [2.05, 4.69) is 45.9 Å². The molecule has 1 heterocycles. The van der Waals surface area contributed by atoms with Crippen LogP contribution in [0.2, 0.25) is 0 Å². The Morgan fingerprint density at radius 3 is 2.35 bits per heavy atom. The van der Waals surface area contributed by atoms with Gasteiger partial charge in [0.2, 0.25) is 0 Å². The molecule has 5 nitrogen and oxygen atoms in total. The van der Waals surface area contributed by atoms with E-state index in [0.29, 0.717) is 12.5 Å². The summed E-state index contributed by atoms with van der Waals surface area (Å²) in [5.41, 5.74) is 1.38. The molecule has 1 aliphatic carbocycles. The van der Waals surface area contributed by atoms with E-state index in [9.17, 15) is 9.59 Å². The van der Waals surface area contributed by atoms with Gasteiger partial charge in [0.05, 0.1) is 0 Å². The largest absolute Gasteiger partial charge is 0.348 e. The van der Waals surface area contributed by atoms with Gasteiger partial charge in [0, 0.05) is 19.1 Å². The molecule has 26 heavy (non-hydrogen) atoms. The third kappa shape index (κ3) is 5.84. The molecular weight excluding hydrogens is 326 g/mol. The van der Waals surface area contributed by atoms with Gasteiger partial charge in [-0.25, -0.2) is 0 Å². The summed E-state index contributed by atoms with van der Waals surface area (Å²) in [4.78, 5) is 26.4. The SMILES string of the molecule is O=C(NCC1CCN(CCc2ccccc2)CC1)C(=O)NC1CCCC1. The van der Waals surface area contributed by atoms with Gasteiger partial charge >= 0.3 is 11.8 Å². The number of hydrogen-bond acceptors (Lipinski definition) is 3. The van der Waals surface area contributed by atoms with Gasteiger partial charge in [-0.1, -0.05) is 43.2 Å². The van der Waals surface area contributed by atoms with E-state index >= 15 is 0 Å². The zero-order chi connectivity index (χ0) is 18.2. The molecule has 0 radical (unpaired) electrons. The molecule has 1 aromatic carbocycles. The van der Waals surface area contributed by atoms with Crippen LogP contribution in [0.1, 0.15) is 44.1 Å². The number of carbonyl (C=O) groups excluding carboxylic acids is 2. The fourth-order valence-corrected chi connectivity index (χ4v) is 3.98. The molecule has 2 N–H and O–H groups in total. The van der Waals surface area contributed by atoms with Gasteiger partial charge in [-0.3, -0.25) is 9.59 Å². The van der Waals surface area contributed by atoms with Crippen LogP contribution in [-0.4, -0.2) is 48.9 Å². The van der Waals surface area contributed by atoms with Crippen molar-refractivity contribution in [3.63, 3.8) is 0 Å². The fourth-order valence-electron chi connectivity index (χ4n) is 3.98. The molecule has 3 rings (SSSR count). The van der Waals surface area contributed by atoms with Gasteiger partial charge in [0.15, 0.2) is 0 Å². The Bertz CT molecular complexity index is 576. The van der Waals surface area contributed by atoms with E-state index in [-0.39, 0.29) is 6.04 Å². The Morgan fingerprint density at radius 1 is 0.962 bits per heavy atom. The maximum Gasteiger partial charge on any atom is 0.309 e. The van der Waals surface area contributed by atoms with Gasteiger partial charge in [-0.05, 0) is 56.7 Å². The summed E-state index contributed by atoms with van der Waals surface area (Å²) in [7, 11) is 0. The maximum absolute atomic E-state index is 12.0. The molecule has 0 atom stereocenters. The van der Waals surface area contributed by atoms with Crippen molar-refractivity contribution < 1.29 is 9.59 Å². The molecule has 142 valence electrons. The van der Waals surface area contributed by atoms with Crippen molar-refractivity contribution in [2.45, 2.75) is 51.0 Å². The first-order valence-corrected chi connectivity index (χ1v) is 10.1. The normalized spacial score (nSPS) is 19.4. The van der Waals surface area contributed by atoms with Crippen LogP contribution in [-0.2, 0) is 16.0 Å². The first-order valence-electron chi connectivity index (χ1n) is 10.1. The summed E-state index contributed by atoms with van der Waals surface area (Å²) in [5, 5.41) is 5.68. The summed E-state index contributed by atoms with van der Waals surface area (Å²) in [6.07, 6.45) is 7.55. The monoisotopic (exact) mass is 357 g/mol. The number of rotatable bonds is 6. The molecular formula is C21H31N3O2. The van der Waals surface area contributed by atoms with Crippen LogP contribution in [0.15, 0.2) is 30.3 Å². The minimum atomic E-state index is -0.469. The Labute approximate surface area is 156 Å². The minimum absolute atomic E-state index is 0.195. The average molecular weight is 357 g/mol. The molecule has 0 bridgehead atoms. The van der Waals surface area contributed by atoms with Crippen LogP contribution in [0.25, 0.3) is 0 Å². The highest BCUT2D eigenvalue weighted by molar-refractivity contribution is 6.35. The first kappa shape index (κ1) is 18.9. The Balaban J connectivity index is 1.29. The lowest BCUT2D eigenvalue weighted by Crippen LogP contribution is -2.46. The van der Waals surface area contributed by atoms with Crippen molar-refractivity contribution >= 4 is 11.8 Å². The Hall–Kier alpha value is -1.88. The molecule has 5 heteroatoms. The first-order chi connectivity index (χ1) is 12.7. The summed E-state index contributed by atoms with van der Waals surface area (Å²) >= 11 is 0. The molecule has 0 spiro atoms. The highest BCUT2D eigenvalue weighted by Gasteiger charge is 2.23. The van der Waals surface area contributed by atoms with Crippen molar-refractivity contribution in [1.82, 2.24) is 15.5 Å². The molecule has 2 amide bonds. The van der Waals surface area contributed by atoms with E-state index in [1.165, 1.54) is 5.56 Å². The van der Waals surface area contributed by atoms with E-state index in [1.807, 2.05) is 0 Å². The summed E-state index contributed by atoms with van der Waals surface area (Å²) in [6, 6.07) is 10.8. The van der Waals surface area contributed by atoms with Crippen LogP contribution in [0, 0.1) is 5.92 Å². The van der Waals surface area contributed by atoms with Crippen LogP contribution >= 0.6 is 0 Å². The minimum Gasteiger partial charge on any atom is -0.348 e. The van der Waals surface area contributed by atoms with E-state index in [4.69, 9.17) is 0 Å². The Kier molecular flexibility index (Phi) is 7.06. The number of hydrogen-bond donors (Lipinski definition) is 2. The van der Waals surface area contributed by atoms with Gasteiger partial charge in [0.1, 0.15) is 0 Å². The molecule has 1 saturated carbocycles. The van der Waals surface area contributed by atoms with Crippen LogP contribution in [0.5, 0.6) is 0 Å². The van der Waals surface area contributed by atoms with Gasteiger partial charge in [-0.2, -0.15) is 0 Å². The van der Waals surface area contributed by atoms with Gasteiger partial charge in [-0.15, -0.1) is 0 Å². The number of nitrogens with one attached hydrogen (secondary N) is 2. The third-order valence-corrected chi connectivity index (χ3v) is 5.71. The standard InChI is InChI=1S/C21H31N3O2/c25-20(21(26)23-19-8-4-5-9-19)22-16-18-11-14-24(15-12-18)13-10-17-6-2-1-3-7-17/h1-3,6-7,18-19H,4-5,8-16H2,(H,22,25)(H,23,26). The maximum atomic E-state index is 12.0. The lowest BCUT2D eigenvalue weighted by atomic mass is 9.96. The molecule has 2 fully saturated rings. The van der Waals surface area contributed by atoms with Crippen LogP contribution < -0.4 is 10.6 Å². The molecule has 1 saturated heterocycles. The Morgan fingerprint density at radius 2 is 1.65 bits per heavy atom. The van der Waals surface area contributed by atoms with Crippen molar-refractivity contribution in [1.29, 1.82) is 0 Å². The predicted molar refractivity (Wildman–Crippen MR) is 103 cm³/mol. The second kappa shape index (κ2) is 9.72. The number of likely N-dealkylation sites (tertiary alicyclic amines) is 1. The lowest BCUT2D eigenvalue weighted by Gasteiger charge is -2.32. The second-order valence-electron chi connectivity index (χ2n) is 7.69. The molecule has 2 aliphatic rings. The van der Waals surface area contributed by atoms with Crippen molar-refractivity contribution in [3.05, 3.63) is 35.9 Å². The average Bonchev–Trinajstić information content (AvgIpc) is 3.19. The molecule has 1 aliphatic heterocycles. The van der Waals surface area contributed by atoms with Crippen molar-refractivity contribution in [3.8, 4) is 0 Å². The van der Waals surface area contributed by atoms with Gasteiger partial charge < -0.3 is 15.5 Å². The second-order valence-corrected chi connectivity index (χ2v) is 7.69. The van der Waals surface area contributed by atoms with Crippen molar-refractivity contribution in [2.24, 2.45) is 5.92 Å². The lowest BCUT2D eigenvalue weighted by molar-refractivity contribution is -0.139. The number of nitrogens with zero attached hydrogens (tertiary/aromatic N) is 1. The number of benzene rings is 1. The third-order valence-electron chi connectivity index (χ3n) is 5.71. The van der Waals surface area contributed by atoms with E-state index in [0.717, 1.165) is 64.6 Å². The number of amides is 2. The summed E-state index contributed by atoms with van der Waals surface area (Å²) in [6.45, 7) is 3.85. The highest BCUT2D eigenvalue weighted by atomic mass is 16.2. The molecule has 0 aromatic heterocycles. The highest BCUT2D eigenvalue weighted by Crippen LogP contribution is 2.18. The van der Waals surface area contributed by atoms with Crippen LogP contribution in [0.3, 0.4) is 0 Å². The van der Waals surface area contributed by atoms with Gasteiger partial charge in [0.25, 0.3) is 0 Å². The topological polar surface area (TPSA) is 61.4 Å². The van der Waals surface area contributed by atoms with E-state index < -0.39 is 11.8 Å². The predicted octanol–water partition coefficient (Wildman–Crippen LogP) is 2.12. The zero-order valence-electron chi connectivity index (χ0n) is 15.6. The summed E-state index contributed by atoms with van der Waals surface area (Å²) in [5.74, 6) is -0.452.